The molecule has 0 saturated carbocycles. The minimum Gasteiger partial charge on any atom is -0.495 e. The normalized spacial score (nSPS) is 10.2. The van der Waals surface area contributed by atoms with Crippen molar-refractivity contribution in [3.05, 3.63) is 41.1 Å². The standard InChI is InChI=1S/C14H16ClNO3.ClH/c1-18-14-4-2-10(8-12(14)15)13-5-3-11(19-13)9-16-6-7-17;/h2-5,8,16-17H,6-7,9H2,1H3;1H. The van der Waals surface area contributed by atoms with E-state index in [2.05, 4.69) is 5.32 Å². The Bertz CT molecular complexity index is 543. The van der Waals surface area contributed by atoms with Crippen LogP contribution < -0.4 is 10.1 Å². The van der Waals surface area contributed by atoms with Gasteiger partial charge >= 0.3 is 0 Å². The number of rotatable bonds is 6. The fourth-order valence-corrected chi connectivity index (χ4v) is 2.00. The lowest BCUT2D eigenvalue weighted by Gasteiger charge is -2.04. The van der Waals surface area contributed by atoms with E-state index in [-0.39, 0.29) is 19.0 Å². The summed E-state index contributed by atoms with van der Waals surface area (Å²) in [5.41, 5.74) is 0.902. The third kappa shape index (κ3) is 4.15. The van der Waals surface area contributed by atoms with E-state index in [9.17, 15) is 0 Å². The molecule has 1 aromatic heterocycles. The summed E-state index contributed by atoms with van der Waals surface area (Å²) in [5.74, 6) is 2.21. The molecule has 0 bridgehead atoms. The van der Waals surface area contributed by atoms with Gasteiger partial charge in [-0.15, -0.1) is 12.4 Å². The van der Waals surface area contributed by atoms with Crippen LogP contribution in [0.25, 0.3) is 11.3 Å². The highest BCUT2D eigenvalue weighted by Gasteiger charge is 2.07. The second kappa shape index (κ2) is 8.17. The fraction of sp³-hybridized carbons (Fsp3) is 0.286. The molecule has 0 atom stereocenters. The van der Waals surface area contributed by atoms with Crippen LogP contribution in [0.3, 0.4) is 0 Å². The van der Waals surface area contributed by atoms with E-state index < -0.39 is 0 Å². The number of methoxy groups -OCH3 is 1. The summed E-state index contributed by atoms with van der Waals surface area (Å²) in [5, 5.41) is 12.3. The van der Waals surface area contributed by atoms with Crippen molar-refractivity contribution in [3.8, 4) is 17.1 Å². The van der Waals surface area contributed by atoms with Crippen LogP contribution in [0, 0.1) is 0 Å². The van der Waals surface area contributed by atoms with Gasteiger partial charge in [0, 0.05) is 12.1 Å². The fourth-order valence-electron chi connectivity index (χ4n) is 1.74. The van der Waals surface area contributed by atoms with Gasteiger partial charge in [-0.1, -0.05) is 11.6 Å². The molecule has 0 aliphatic heterocycles. The molecule has 0 unspecified atom stereocenters. The number of aliphatic hydroxyl groups is 1. The Morgan fingerprint density at radius 3 is 2.75 bits per heavy atom. The van der Waals surface area contributed by atoms with Gasteiger partial charge in [0.25, 0.3) is 0 Å². The number of hydrogen-bond acceptors (Lipinski definition) is 4. The van der Waals surface area contributed by atoms with Gasteiger partial charge in [-0.25, -0.2) is 0 Å². The first-order chi connectivity index (χ1) is 9.24. The molecule has 0 fully saturated rings. The van der Waals surface area contributed by atoms with Gasteiger partial charge in [-0.3, -0.25) is 0 Å². The number of hydrogen-bond donors (Lipinski definition) is 2. The van der Waals surface area contributed by atoms with Gasteiger partial charge in [0.1, 0.15) is 17.3 Å². The predicted molar refractivity (Wildman–Crippen MR) is 81.7 cm³/mol. The number of halogens is 2. The highest BCUT2D eigenvalue weighted by atomic mass is 35.5. The van der Waals surface area contributed by atoms with Crippen LogP contribution in [0.15, 0.2) is 34.7 Å². The minimum atomic E-state index is 0. The van der Waals surface area contributed by atoms with Crippen molar-refractivity contribution in [2.45, 2.75) is 6.54 Å². The lowest BCUT2D eigenvalue weighted by atomic mass is 10.2. The van der Waals surface area contributed by atoms with E-state index in [0.29, 0.717) is 23.9 Å². The average molecular weight is 318 g/mol. The van der Waals surface area contributed by atoms with Crippen molar-refractivity contribution in [3.63, 3.8) is 0 Å². The lowest BCUT2D eigenvalue weighted by Crippen LogP contribution is -2.16. The van der Waals surface area contributed by atoms with E-state index in [1.165, 1.54) is 0 Å². The third-order valence-corrected chi connectivity index (χ3v) is 2.98. The molecule has 2 aromatic rings. The zero-order valence-corrected chi connectivity index (χ0v) is 12.6. The Balaban J connectivity index is 0.00000200. The summed E-state index contributed by atoms with van der Waals surface area (Å²) >= 11 is 6.08. The molecule has 2 N–H and O–H groups in total. The predicted octanol–water partition coefficient (Wildman–Crippen LogP) is 3.11. The molecule has 1 heterocycles. The summed E-state index contributed by atoms with van der Waals surface area (Å²) in [4.78, 5) is 0. The quantitative estimate of drug-likeness (QED) is 0.804. The molecule has 110 valence electrons. The first kappa shape index (κ1) is 16.9. The molecule has 4 nitrogen and oxygen atoms in total. The smallest absolute Gasteiger partial charge is 0.137 e. The maximum absolute atomic E-state index is 8.69. The lowest BCUT2D eigenvalue weighted by molar-refractivity contribution is 0.290. The molecule has 6 heteroatoms. The topological polar surface area (TPSA) is 54.6 Å². The number of furan rings is 1. The Labute approximate surface area is 129 Å². The largest absolute Gasteiger partial charge is 0.495 e. The second-order valence-electron chi connectivity index (χ2n) is 4.02. The molecular formula is C14H17Cl2NO3. The van der Waals surface area contributed by atoms with Gasteiger partial charge < -0.3 is 19.6 Å². The molecule has 0 aliphatic rings. The number of ether oxygens (including phenoxy) is 1. The maximum Gasteiger partial charge on any atom is 0.137 e. The summed E-state index contributed by atoms with van der Waals surface area (Å²) in [6.07, 6.45) is 0. The van der Waals surface area contributed by atoms with Crippen molar-refractivity contribution >= 4 is 24.0 Å². The van der Waals surface area contributed by atoms with Crippen LogP contribution in [-0.4, -0.2) is 25.4 Å². The first-order valence-corrected chi connectivity index (χ1v) is 6.36. The highest BCUT2D eigenvalue weighted by molar-refractivity contribution is 6.32. The maximum atomic E-state index is 8.69. The van der Waals surface area contributed by atoms with Crippen molar-refractivity contribution in [2.24, 2.45) is 0 Å². The van der Waals surface area contributed by atoms with Crippen LogP contribution in [0.5, 0.6) is 5.75 Å². The summed E-state index contributed by atoms with van der Waals surface area (Å²) in [7, 11) is 1.58. The molecule has 20 heavy (non-hydrogen) atoms. The Morgan fingerprint density at radius 2 is 2.10 bits per heavy atom. The van der Waals surface area contributed by atoms with Crippen molar-refractivity contribution in [1.29, 1.82) is 0 Å². The molecule has 0 amide bonds. The SMILES string of the molecule is COc1ccc(-c2ccc(CNCCO)o2)cc1Cl.Cl. The number of benzene rings is 1. The van der Waals surface area contributed by atoms with E-state index >= 15 is 0 Å². The van der Waals surface area contributed by atoms with Crippen molar-refractivity contribution < 1.29 is 14.3 Å². The van der Waals surface area contributed by atoms with Gasteiger partial charge in [-0.2, -0.15) is 0 Å². The molecule has 0 saturated heterocycles. The molecule has 2 rings (SSSR count). The molecule has 0 radical (unpaired) electrons. The van der Waals surface area contributed by atoms with Gasteiger partial charge in [0.05, 0.1) is 25.3 Å². The molecule has 0 spiro atoms. The first-order valence-electron chi connectivity index (χ1n) is 5.99. The number of aliphatic hydroxyl groups excluding tert-OH is 1. The van der Waals surface area contributed by atoms with Crippen molar-refractivity contribution in [2.75, 3.05) is 20.3 Å². The number of nitrogens with one attached hydrogen (secondary N) is 1. The average Bonchev–Trinajstić information content (AvgIpc) is 2.88. The summed E-state index contributed by atoms with van der Waals surface area (Å²) < 4.78 is 10.8. The van der Waals surface area contributed by atoms with Gasteiger partial charge in [-0.05, 0) is 30.3 Å². The zero-order valence-electron chi connectivity index (χ0n) is 11.1. The van der Waals surface area contributed by atoms with Crippen LogP contribution in [0.4, 0.5) is 0 Å². The molecular weight excluding hydrogens is 301 g/mol. The minimum absolute atomic E-state index is 0. The summed E-state index contributed by atoms with van der Waals surface area (Å²) in [6, 6.07) is 9.31. The monoisotopic (exact) mass is 317 g/mol. The highest BCUT2D eigenvalue weighted by Crippen LogP contribution is 2.30. The molecule has 0 aliphatic carbocycles. The van der Waals surface area contributed by atoms with E-state index in [1.807, 2.05) is 30.3 Å². The zero-order chi connectivity index (χ0) is 13.7. The van der Waals surface area contributed by atoms with Crippen LogP contribution in [0.1, 0.15) is 5.76 Å². The van der Waals surface area contributed by atoms with E-state index in [1.54, 1.807) is 7.11 Å². The van der Waals surface area contributed by atoms with E-state index in [4.69, 9.17) is 25.9 Å². The van der Waals surface area contributed by atoms with Crippen LogP contribution >= 0.6 is 24.0 Å². The van der Waals surface area contributed by atoms with Crippen molar-refractivity contribution in [1.82, 2.24) is 5.32 Å². The molecule has 1 aromatic carbocycles. The Kier molecular flexibility index (Phi) is 6.88. The van der Waals surface area contributed by atoms with Gasteiger partial charge in [0.2, 0.25) is 0 Å². The Hall–Kier alpha value is -1.20. The van der Waals surface area contributed by atoms with Crippen LogP contribution in [0.2, 0.25) is 5.02 Å². The Morgan fingerprint density at radius 1 is 1.30 bits per heavy atom. The summed E-state index contributed by atoms with van der Waals surface area (Å²) in [6.45, 7) is 1.25. The third-order valence-electron chi connectivity index (χ3n) is 2.69. The van der Waals surface area contributed by atoms with Crippen LogP contribution in [-0.2, 0) is 6.54 Å². The second-order valence-corrected chi connectivity index (χ2v) is 4.42. The van der Waals surface area contributed by atoms with E-state index in [0.717, 1.165) is 17.1 Å². The van der Waals surface area contributed by atoms with Gasteiger partial charge in [0.15, 0.2) is 0 Å².